The van der Waals surface area contributed by atoms with Crippen molar-refractivity contribution in [3.8, 4) is 0 Å². The monoisotopic (exact) mass is 233 g/mol. The van der Waals surface area contributed by atoms with Crippen LogP contribution in [0.3, 0.4) is 0 Å². The first-order valence-corrected chi connectivity index (χ1v) is 5.67. The van der Waals surface area contributed by atoms with E-state index in [-0.39, 0.29) is 24.9 Å². The minimum absolute atomic E-state index is 0.0457. The smallest absolute Gasteiger partial charge is 0.313 e. The number of ether oxygens (including phenoxy) is 1. The highest BCUT2D eigenvalue weighted by Crippen LogP contribution is 2.46. The van der Waals surface area contributed by atoms with Crippen molar-refractivity contribution in [3.05, 3.63) is 0 Å². The van der Waals surface area contributed by atoms with Crippen LogP contribution in [-0.2, 0) is 9.53 Å². The summed E-state index contributed by atoms with van der Waals surface area (Å²) in [6.45, 7) is 0.473. The maximum Gasteiger partial charge on any atom is 0.313 e. The Morgan fingerprint density at radius 3 is 2.56 bits per heavy atom. The van der Waals surface area contributed by atoms with Gasteiger partial charge < -0.3 is 10.1 Å². The number of rotatable bonds is 4. The highest BCUT2D eigenvalue weighted by Gasteiger charge is 2.51. The van der Waals surface area contributed by atoms with Gasteiger partial charge >= 0.3 is 5.97 Å². The first-order chi connectivity index (χ1) is 7.47. The Labute approximate surface area is 93.5 Å². The average molecular weight is 233 g/mol. The lowest BCUT2D eigenvalue weighted by molar-refractivity contribution is -0.146. The molecule has 16 heavy (non-hydrogen) atoms. The number of alkyl halides is 2. The molecular formula is C11H17F2NO2. The molecule has 5 heteroatoms. The first kappa shape index (κ1) is 11.8. The minimum Gasteiger partial charge on any atom is -0.469 e. The maximum absolute atomic E-state index is 12.9. The predicted molar refractivity (Wildman–Crippen MR) is 54.3 cm³/mol. The summed E-state index contributed by atoms with van der Waals surface area (Å²) in [5.41, 5.74) is -0.424. The molecule has 0 saturated heterocycles. The van der Waals surface area contributed by atoms with Crippen molar-refractivity contribution in [1.29, 1.82) is 0 Å². The minimum atomic E-state index is -2.53. The van der Waals surface area contributed by atoms with Gasteiger partial charge in [-0.2, -0.15) is 0 Å². The van der Waals surface area contributed by atoms with Crippen molar-refractivity contribution >= 4 is 5.97 Å². The Kier molecular flexibility index (Phi) is 2.90. The van der Waals surface area contributed by atoms with E-state index in [9.17, 15) is 13.6 Å². The predicted octanol–water partition coefficient (Wildman–Crippen LogP) is 1.72. The molecule has 0 spiro atoms. The molecule has 1 atom stereocenters. The maximum atomic E-state index is 12.9. The molecule has 92 valence electrons. The summed E-state index contributed by atoms with van der Waals surface area (Å²) in [5.74, 6) is -2.75. The summed E-state index contributed by atoms with van der Waals surface area (Å²) in [6, 6.07) is -0.155. The van der Waals surface area contributed by atoms with Crippen LogP contribution in [0.25, 0.3) is 0 Å². The van der Waals surface area contributed by atoms with E-state index in [0.717, 1.165) is 12.8 Å². The normalized spacial score (nSPS) is 30.1. The van der Waals surface area contributed by atoms with Gasteiger partial charge in [0.2, 0.25) is 5.92 Å². The van der Waals surface area contributed by atoms with E-state index in [2.05, 4.69) is 5.32 Å². The molecule has 0 aromatic heterocycles. The summed E-state index contributed by atoms with van der Waals surface area (Å²) >= 11 is 0. The zero-order chi connectivity index (χ0) is 11.8. The van der Waals surface area contributed by atoms with E-state index in [0.29, 0.717) is 13.0 Å². The van der Waals surface area contributed by atoms with Gasteiger partial charge in [0, 0.05) is 25.4 Å². The van der Waals surface area contributed by atoms with E-state index >= 15 is 0 Å². The molecule has 2 rings (SSSR count). The van der Waals surface area contributed by atoms with Crippen LogP contribution in [0.15, 0.2) is 0 Å². The number of methoxy groups -OCH3 is 1. The lowest BCUT2D eigenvalue weighted by Crippen LogP contribution is -2.37. The van der Waals surface area contributed by atoms with Gasteiger partial charge in [0.1, 0.15) is 0 Å². The highest BCUT2D eigenvalue weighted by molar-refractivity contribution is 5.80. The second-order valence-electron chi connectivity index (χ2n) is 4.95. The van der Waals surface area contributed by atoms with Crippen LogP contribution >= 0.6 is 0 Å². The van der Waals surface area contributed by atoms with Gasteiger partial charge in [-0.05, 0) is 19.3 Å². The zero-order valence-electron chi connectivity index (χ0n) is 9.39. The molecule has 0 aromatic rings. The molecule has 2 aliphatic carbocycles. The van der Waals surface area contributed by atoms with Crippen LogP contribution in [-0.4, -0.2) is 31.6 Å². The van der Waals surface area contributed by atoms with Crippen molar-refractivity contribution in [3.63, 3.8) is 0 Å². The summed E-state index contributed by atoms with van der Waals surface area (Å²) in [5, 5.41) is 3.07. The van der Waals surface area contributed by atoms with Gasteiger partial charge in [-0.15, -0.1) is 0 Å². The first-order valence-electron chi connectivity index (χ1n) is 5.67. The molecule has 0 radical (unpaired) electrons. The fraction of sp³-hybridized carbons (Fsp3) is 0.909. The molecule has 3 nitrogen and oxygen atoms in total. The molecule has 0 amide bonds. The molecule has 2 saturated carbocycles. The number of hydrogen-bond acceptors (Lipinski definition) is 3. The van der Waals surface area contributed by atoms with Crippen LogP contribution in [0.2, 0.25) is 0 Å². The number of carbonyl (C=O) groups excluding carboxylic acids is 1. The second-order valence-corrected chi connectivity index (χ2v) is 4.95. The van der Waals surface area contributed by atoms with Gasteiger partial charge in [0.05, 0.1) is 12.5 Å². The fourth-order valence-corrected chi connectivity index (χ4v) is 2.28. The third kappa shape index (κ3) is 2.34. The summed E-state index contributed by atoms with van der Waals surface area (Å²) in [6.07, 6.45) is 1.94. The van der Waals surface area contributed by atoms with Crippen LogP contribution in [0.1, 0.15) is 32.1 Å². The van der Waals surface area contributed by atoms with Gasteiger partial charge in [0.25, 0.3) is 0 Å². The lowest BCUT2D eigenvalue weighted by atomic mass is 10.1. The number of carbonyl (C=O) groups is 1. The Balaban J connectivity index is 1.78. The Hall–Kier alpha value is -0.710. The van der Waals surface area contributed by atoms with E-state index < -0.39 is 11.3 Å². The molecule has 0 bridgehead atoms. The van der Waals surface area contributed by atoms with Crippen molar-refractivity contribution < 1.29 is 18.3 Å². The third-order valence-electron chi connectivity index (χ3n) is 3.60. The van der Waals surface area contributed by atoms with E-state index in [1.54, 1.807) is 0 Å². The number of esters is 1. The van der Waals surface area contributed by atoms with E-state index in [4.69, 9.17) is 4.74 Å². The SMILES string of the molecule is COC(=O)C1(CNC2CCC(F)(F)C2)CC1. The van der Waals surface area contributed by atoms with Gasteiger partial charge in [-0.25, -0.2) is 8.78 Å². The molecule has 0 aromatic carbocycles. The van der Waals surface area contributed by atoms with Gasteiger partial charge in [0.15, 0.2) is 0 Å². The quantitative estimate of drug-likeness (QED) is 0.751. The summed E-state index contributed by atoms with van der Waals surface area (Å²) in [7, 11) is 1.37. The molecule has 1 unspecified atom stereocenters. The Bertz CT molecular complexity index is 290. The fourth-order valence-electron chi connectivity index (χ4n) is 2.28. The largest absolute Gasteiger partial charge is 0.469 e. The molecule has 2 fully saturated rings. The summed E-state index contributed by atoms with van der Waals surface area (Å²) in [4.78, 5) is 11.4. The van der Waals surface area contributed by atoms with Crippen molar-refractivity contribution in [2.75, 3.05) is 13.7 Å². The zero-order valence-corrected chi connectivity index (χ0v) is 9.39. The highest BCUT2D eigenvalue weighted by atomic mass is 19.3. The third-order valence-corrected chi connectivity index (χ3v) is 3.60. The number of halogens is 2. The van der Waals surface area contributed by atoms with E-state index in [1.807, 2.05) is 0 Å². The van der Waals surface area contributed by atoms with Gasteiger partial charge in [-0.3, -0.25) is 4.79 Å². The van der Waals surface area contributed by atoms with Crippen LogP contribution < -0.4 is 5.32 Å². The topological polar surface area (TPSA) is 38.3 Å². The molecular weight excluding hydrogens is 216 g/mol. The average Bonchev–Trinajstić information content (AvgIpc) is 2.95. The van der Waals surface area contributed by atoms with Crippen molar-refractivity contribution in [1.82, 2.24) is 5.32 Å². The van der Waals surface area contributed by atoms with Gasteiger partial charge in [-0.1, -0.05) is 0 Å². The van der Waals surface area contributed by atoms with Crippen molar-refractivity contribution in [2.24, 2.45) is 5.41 Å². The van der Waals surface area contributed by atoms with Crippen LogP contribution in [0.4, 0.5) is 8.78 Å². The van der Waals surface area contributed by atoms with Crippen LogP contribution in [0.5, 0.6) is 0 Å². The molecule has 0 aliphatic heterocycles. The molecule has 2 aliphatic rings. The standard InChI is InChI=1S/C11H17F2NO2/c1-16-9(15)10(4-5-10)7-14-8-2-3-11(12,13)6-8/h8,14H,2-7H2,1H3. The second kappa shape index (κ2) is 3.95. The van der Waals surface area contributed by atoms with E-state index in [1.165, 1.54) is 7.11 Å². The molecule has 0 heterocycles. The Morgan fingerprint density at radius 1 is 1.44 bits per heavy atom. The molecule has 1 N–H and O–H groups in total. The number of hydrogen-bond donors (Lipinski definition) is 1. The lowest BCUT2D eigenvalue weighted by Gasteiger charge is -2.17. The number of nitrogens with one attached hydrogen (secondary N) is 1. The van der Waals surface area contributed by atoms with Crippen LogP contribution in [0, 0.1) is 5.41 Å². The summed E-state index contributed by atoms with van der Waals surface area (Å²) < 4.78 is 30.6. The van der Waals surface area contributed by atoms with Crippen molar-refractivity contribution in [2.45, 2.75) is 44.1 Å². The Morgan fingerprint density at radius 2 is 2.12 bits per heavy atom.